The number of aromatic nitrogens is 1. The van der Waals surface area contributed by atoms with Crippen LogP contribution in [0.5, 0.6) is 11.6 Å². The standard InChI is InChI=1S/C13H22N2O2/c1-5-13(4,14)9-16-12-11(17-10(2)3)7-6-8-15-12/h6-8,10H,5,9,14H2,1-4H3. The van der Waals surface area contributed by atoms with E-state index in [0.29, 0.717) is 18.2 Å². The summed E-state index contributed by atoms with van der Waals surface area (Å²) in [7, 11) is 0. The maximum absolute atomic E-state index is 6.02. The minimum absolute atomic E-state index is 0.0944. The molecule has 1 unspecified atom stereocenters. The molecule has 4 nitrogen and oxygen atoms in total. The zero-order valence-electron chi connectivity index (χ0n) is 11.1. The number of hydrogen-bond acceptors (Lipinski definition) is 4. The number of nitrogens with zero attached hydrogens (tertiary/aromatic N) is 1. The Balaban J connectivity index is 2.70. The van der Waals surface area contributed by atoms with E-state index >= 15 is 0 Å². The topological polar surface area (TPSA) is 57.4 Å². The molecule has 1 rings (SSSR count). The summed E-state index contributed by atoms with van der Waals surface area (Å²) >= 11 is 0. The Labute approximate surface area is 103 Å². The van der Waals surface area contributed by atoms with Crippen LogP contribution in [0.15, 0.2) is 18.3 Å². The van der Waals surface area contributed by atoms with Gasteiger partial charge in [-0.2, -0.15) is 0 Å². The summed E-state index contributed by atoms with van der Waals surface area (Å²) in [6.07, 6.45) is 2.62. The molecule has 2 N–H and O–H groups in total. The van der Waals surface area contributed by atoms with Crippen molar-refractivity contribution in [3.8, 4) is 11.6 Å². The Morgan fingerprint density at radius 2 is 2.18 bits per heavy atom. The lowest BCUT2D eigenvalue weighted by atomic mass is 10.0. The number of nitrogens with two attached hydrogens (primary N) is 1. The zero-order chi connectivity index (χ0) is 12.9. The van der Waals surface area contributed by atoms with Gasteiger partial charge in [-0.1, -0.05) is 6.92 Å². The highest BCUT2D eigenvalue weighted by Gasteiger charge is 2.18. The molecule has 1 aromatic heterocycles. The van der Waals surface area contributed by atoms with Crippen molar-refractivity contribution >= 4 is 0 Å². The van der Waals surface area contributed by atoms with Crippen molar-refractivity contribution in [3.63, 3.8) is 0 Å². The monoisotopic (exact) mass is 238 g/mol. The molecule has 0 bridgehead atoms. The van der Waals surface area contributed by atoms with Crippen LogP contribution in [0, 0.1) is 0 Å². The van der Waals surface area contributed by atoms with Crippen molar-refractivity contribution in [1.82, 2.24) is 4.98 Å². The molecule has 0 aromatic carbocycles. The van der Waals surface area contributed by atoms with E-state index in [2.05, 4.69) is 4.98 Å². The molecule has 1 aromatic rings. The quantitative estimate of drug-likeness (QED) is 0.826. The summed E-state index contributed by atoms with van der Waals surface area (Å²) in [6.45, 7) is 8.35. The minimum atomic E-state index is -0.341. The molecule has 17 heavy (non-hydrogen) atoms. The minimum Gasteiger partial charge on any atom is -0.485 e. The predicted molar refractivity (Wildman–Crippen MR) is 68.4 cm³/mol. The fourth-order valence-electron chi connectivity index (χ4n) is 1.16. The maximum atomic E-state index is 6.02. The summed E-state index contributed by atoms with van der Waals surface area (Å²) < 4.78 is 11.2. The van der Waals surface area contributed by atoms with Gasteiger partial charge in [0.2, 0.25) is 0 Å². The van der Waals surface area contributed by atoms with Crippen LogP contribution in [-0.4, -0.2) is 23.2 Å². The van der Waals surface area contributed by atoms with Gasteiger partial charge in [0.15, 0.2) is 5.75 Å². The van der Waals surface area contributed by atoms with Gasteiger partial charge >= 0.3 is 0 Å². The molecule has 96 valence electrons. The van der Waals surface area contributed by atoms with Gasteiger partial charge in [-0.05, 0) is 39.3 Å². The lowest BCUT2D eigenvalue weighted by molar-refractivity contribution is 0.189. The van der Waals surface area contributed by atoms with Gasteiger partial charge < -0.3 is 15.2 Å². The smallest absolute Gasteiger partial charge is 0.257 e. The van der Waals surface area contributed by atoms with Crippen molar-refractivity contribution in [2.45, 2.75) is 45.8 Å². The summed E-state index contributed by atoms with van der Waals surface area (Å²) in [5.41, 5.74) is 5.68. The molecule has 0 spiro atoms. The second-order valence-electron chi connectivity index (χ2n) is 4.77. The fourth-order valence-corrected chi connectivity index (χ4v) is 1.16. The van der Waals surface area contributed by atoms with Crippen molar-refractivity contribution in [2.75, 3.05) is 6.61 Å². The molecule has 0 aliphatic rings. The Morgan fingerprint density at radius 1 is 1.47 bits per heavy atom. The molecular formula is C13H22N2O2. The van der Waals surface area contributed by atoms with Crippen LogP contribution in [0.2, 0.25) is 0 Å². The average molecular weight is 238 g/mol. The molecule has 0 amide bonds. The van der Waals surface area contributed by atoms with E-state index < -0.39 is 0 Å². The van der Waals surface area contributed by atoms with Gasteiger partial charge in [0.05, 0.1) is 6.10 Å². The second kappa shape index (κ2) is 5.87. The lowest BCUT2D eigenvalue weighted by Gasteiger charge is -2.23. The van der Waals surface area contributed by atoms with Crippen LogP contribution in [-0.2, 0) is 0 Å². The van der Waals surface area contributed by atoms with E-state index in [9.17, 15) is 0 Å². The largest absolute Gasteiger partial charge is 0.485 e. The van der Waals surface area contributed by atoms with Crippen LogP contribution < -0.4 is 15.2 Å². The Bertz CT molecular complexity index is 351. The Hall–Kier alpha value is -1.29. The van der Waals surface area contributed by atoms with Gasteiger partial charge in [0.1, 0.15) is 6.61 Å². The van der Waals surface area contributed by atoms with Crippen LogP contribution >= 0.6 is 0 Å². The second-order valence-corrected chi connectivity index (χ2v) is 4.77. The SMILES string of the molecule is CCC(C)(N)COc1ncccc1OC(C)C. The first-order chi connectivity index (χ1) is 7.94. The van der Waals surface area contributed by atoms with E-state index in [1.165, 1.54) is 0 Å². The third-order valence-corrected chi connectivity index (χ3v) is 2.45. The van der Waals surface area contributed by atoms with Crippen LogP contribution in [0.3, 0.4) is 0 Å². The average Bonchev–Trinajstić information content (AvgIpc) is 2.27. The van der Waals surface area contributed by atoms with E-state index in [1.54, 1.807) is 6.20 Å². The summed E-state index contributed by atoms with van der Waals surface area (Å²) in [5.74, 6) is 1.17. The molecule has 0 aliphatic heterocycles. The van der Waals surface area contributed by atoms with Gasteiger partial charge in [0, 0.05) is 11.7 Å². The highest BCUT2D eigenvalue weighted by atomic mass is 16.5. The molecule has 0 saturated heterocycles. The summed E-state index contributed by atoms with van der Waals surface area (Å²) in [4.78, 5) is 4.17. The van der Waals surface area contributed by atoms with E-state index in [1.807, 2.05) is 39.8 Å². The number of hydrogen-bond donors (Lipinski definition) is 1. The van der Waals surface area contributed by atoms with E-state index in [-0.39, 0.29) is 11.6 Å². The normalized spacial score (nSPS) is 14.5. The van der Waals surface area contributed by atoms with Crippen LogP contribution in [0.25, 0.3) is 0 Å². The number of ether oxygens (including phenoxy) is 2. The maximum Gasteiger partial charge on any atom is 0.257 e. The van der Waals surface area contributed by atoms with Gasteiger partial charge in [0.25, 0.3) is 5.88 Å². The Kier molecular flexibility index (Phi) is 4.75. The fraction of sp³-hybridized carbons (Fsp3) is 0.615. The third kappa shape index (κ3) is 4.61. The molecule has 1 heterocycles. The lowest BCUT2D eigenvalue weighted by Crippen LogP contribution is -2.41. The van der Waals surface area contributed by atoms with Crippen molar-refractivity contribution in [1.29, 1.82) is 0 Å². The zero-order valence-corrected chi connectivity index (χ0v) is 11.1. The molecule has 4 heteroatoms. The molecular weight excluding hydrogens is 216 g/mol. The van der Waals surface area contributed by atoms with Crippen LogP contribution in [0.1, 0.15) is 34.1 Å². The highest BCUT2D eigenvalue weighted by Crippen LogP contribution is 2.25. The van der Waals surface area contributed by atoms with E-state index in [0.717, 1.165) is 6.42 Å². The first-order valence-corrected chi connectivity index (χ1v) is 5.98. The summed E-state index contributed by atoms with van der Waals surface area (Å²) in [5, 5.41) is 0. The van der Waals surface area contributed by atoms with E-state index in [4.69, 9.17) is 15.2 Å². The molecule has 1 atom stereocenters. The van der Waals surface area contributed by atoms with Crippen LogP contribution in [0.4, 0.5) is 0 Å². The highest BCUT2D eigenvalue weighted by molar-refractivity contribution is 5.32. The third-order valence-electron chi connectivity index (χ3n) is 2.45. The summed E-state index contributed by atoms with van der Waals surface area (Å²) in [6, 6.07) is 3.67. The first-order valence-electron chi connectivity index (χ1n) is 5.98. The van der Waals surface area contributed by atoms with Gasteiger partial charge in [-0.3, -0.25) is 0 Å². The van der Waals surface area contributed by atoms with Crippen molar-refractivity contribution in [3.05, 3.63) is 18.3 Å². The number of pyridine rings is 1. The molecule has 0 fully saturated rings. The molecule has 0 saturated carbocycles. The number of rotatable bonds is 6. The molecule has 0 radical (unpaired) electrons. The molecule has 0 aliphatic carbocycles. The van der Waals surface area contributed by atoms with Crippen molar-refractivity contribution in [2.24, 2.45) is 5.73 Å². The van der Waals surface area contributed by atoms with Gasteiger partial charge in [-0.25, -0.2) is 4.98 Å². The van der Waals surface area contributed by atoms with Gasteiger partial charge in [-0.15, -0.1) is 0 Å². The Morgan fingerprint density at radius 3 is 2.76 bits per heavy atom. The van der Waals surface area contributed by atoms with Crippen molar-refractivity contribution < 1.29 is 9.47 Å². The first kappa shape index (κ1) is 13.8. The predicted octanol–water partition coefficient (Wildman–Crippen LogP) is 2.38.